The molecular weight excluding hydrogens is 238 g/mol. The van der Waals surface area contributed by atoms with Gasteiger partial charge in [-0.25, -0.2) is 0 Å². The molecule has 4 nitrogen and oxygen atoms in total. The van der Waals surface area contributed by atoms with Gasteiger partial charge in [0.15, 0.2) is 0 Å². The fourth-order valence-electron chi connectivity index (χ4n) is 1.75. The van der Waals surface area contributed by atoms with E-state index in [4.69, 9.17) is 13.9 Å². The summed E-state index contributed by atoms with van der Waals surface area (Å²) in [5, 5.41) is 3.32. The molecule has 0 saturated carbocycles. The van der Waals surface area contributed by atoms with Crippen LogP contribution >= 0.6 is 11.8 Å². The molecule has 0 radical (unpaired) electrons. The van der Waals surface area contributed by atoms with Crippen LogP contribution in [0, 0.1) is 0 Å². The molecule has 0 amide bonds. The number of hydrogen-bond donors (Lipinski definition) is 1. The molecule has 0 spiro atoms. The zero-order chi connectivity index (χ0) is 11.9. The highest BCUT2D eigenvalue weighted by atomic mass is 32.2. The summed E-state index contributed by atoms with van der Waals surface area (Å²) in [6.45, 7) is 3.65. The van der Waals surface area contributed by atoms with Crippen LogP contribution < -0.4 is 5.32 Å². The van der Waals surface area contributed by atoms with E-state index in [2.05, 4.69) is 11.6 Å². The van der Waals surface area contributed by atoms with Crippen molar-refractivity contribution in [1.29, 1.82) is 0 Å². The molecule has 1 unspecified atom stereocenters. The van der Waals surface area contributed by atoms with Crippen molar-refractivity contribution in [2.75, 3.05) is 32.6 Å². The van der Waals surface area contributed by atoms with Crippen LogP contribution in [0.2, 0.25) is 0 Å². The highest BCUT2D eigenvalue weighted by Gasteiger charge is 2.13. The van der Waals surface area contributed by atoms with Crippen LogP contribution in [0.3, 0.4) is 0 Å². The lowest BCUT2D eigenvalue weighted by Gasteiger charge is -2.22. The first-order valence-corrected chi connectivity index (χ1v) is 7.24. The van der Waals surface area contributed by atoms with E-state index in [1.165, 1.54) is 0 Å². The number of nitrogens with one attached hydrogen (secondary N) is 1. The molecule has 2 heterocycles. The van der Waals surface area contributed by atoms with Crippen molar-refractivity contribution < 1.29 is 13.9 Å². The molecule has 1 aliphatic rings. The molecule has 0 bridgehead atoms. The largest absolute Gasteiger partial charge is 0.464 e. The maximum atomic E-state index is 5.66. The van der Waals surface area contributed by atoms with E-state index in [-0.39, 0.29) is 6.10 Å². The predicted molar refractivity (Wildman–Crippen MR) is 68.2 cm³/mol. The van der Waals surface area contributed by atoms with E-state index in [1.807, 2.05) is 12.1 Å². The van der Waals surface area contributed by atoms with Crippen molar-refractivity contribution in [2.45, 2.75) is 18.4 Å². The summed E-state index contributed by atoms with van der Waals surface area (Å²) in [6, 6.07) is 4.06. The van der Waals surface area contributed by atoms with Crippen molar-refractivity contribution in [3.63, 3.8) is 0 Å². The van der Waals surface area contributed by atoms with Crippen LogP contribution in [0.25, 0.3) is 0 Å². The standard InChI is InChI=1S/C12H19NO3S/c1-17-9-11-3-2-10(16-11)6-13-7-12-8-14-4-5-15-12/h2-3,12-13H,4-9H2,1H3. The quantitative estimate of drug-likeness (QED) is 0.839. The van der Waals surface area contributed by atoms with Gasteiger partial charge in [0.2, 0.25) is 0 Å². The third kappa shape index (κ3) is 4.35. The highest BCUT2D eigenvalue weighted by Crippen LogP contribution is 2.13. The van der Waals surface area contributed by atoms with Crippen LogP contribution in [0.5, 0.6) is 0 Å². The average Bonchev–Trinajstić information content (AvgIpc) is 2.79. The van der Waals surface area contributed by atoms with E-state index in [0.29, 0.717) is 19.8 Å². The monoisotopic (exact) mass is 257 g/mol. The summed E-state index contributed by atoms with van der Waals surface area (Å²) < 4.78 is 16.5. The van der Waals surface area contributed by atoms with Crippen molar-refractivity contribution in [3.8, 4) is 0 Å². The maximum absolute atomic E-state index is 5.66. The van der Waals surface area contributed by atoms with Gasteiger partial charge in [0.05, 0.1) is 38.2 Å². The van der Waals surface area contributed by atoms with E-state index in [9.17, 15) is 0 Å². The highest BCUT2D eigenvalue weighted by molar-refractivity contribution is 7.97. The van der Waals surface area contributed by atoms with Gasteiger partial charge in [0.25, 0.3) is 0 Å². The normalized spacial score (nSPS) is 20.6. The molecule has 1 aromatic rings. The van der Waals surface area contributed by atoms with E-state index >= 15 is 0 Å². The summed E-state index contributed by atoms with van der Waals surface area (Å²) in [7, 11) is 0. The van der Waals surface area contributed by atoms with Crippen molar-refractivity contribution in [3.05, 3.63) is 23.7 Å². The van der Waals surface area contributed by atoms with Gasteiger partial charge in [-0.3, -0.25) is 0 Å². The maximum Gasteiger partial charge on any atom is 0.118 e. The molecular formula is C12H19NO3S. The third-order valence-electron chi connectivity index (χ3n) is 2.56. The summed E-state index contributed by atoms with van der Waals surface area (Å²) >= 11 is 1.76. The molecule has 0 aliphatic carbocycles. The summed E-state index contributed by atoms with van der Waals surface area (Å²) in [6.07, 6.45) is 2.24. The number of thioether (sulfide) groups is 1. The van der Waals surface area contributed by atoms with Crippen molar-refractivity contribution in [1.82, 2.24) is 5.32 Å². The van der Waals surface area contributed by atoms with Crippen LogP contribution in [0.4, 0.5) is 0 Å². The van der Waals surface area contributed by atoms with Crippen LogP contribution in [0.1, 0.15) is 11.5 Å². The first-order chi connectivity index (χ1) is 8.38. The van der Waals surface area contributed by atoms with E-state index in [0.717, 1.165) is 30.4 Å². The Morgan fingerprint density at radius 2 is 2.24 bits per heavy atom. The lowest BCUT2D eigenvalue weighted by atomic mass is 10.3. The summed E-state index contributed by atoms with van der Waals surface area (Å²) in [5.74, 6) is 2.94. The Morgan fingerprint density at radius 3 is 3.00 bits per heavy atom. The molecule has 17 heavy (non-hydrogen) atoms. The molecule has 1 saturated heterocycles. The fourth-order valence-corrected chi connectivity index (χ4v) is 2.19. The Morgan fingerprint density at radius 1 is 1.35 bits per heavy atom. The Kier molecular flexibility index (Phi) is 5.38. The van der Waals surface area contributed by atoms with Crippen LogP contribution in [0.15, 0.2) is 16.5 Å². The first kappa shape index (κ1) is 13.0. The van der Waals surface area contributed by atoms with Gasteiger partial charge >= 0.3 is 0 Å². The number of furan rings is 1. The molecule has 5 heteroatoms. The Labute approximate surface area is 106 Å². The zero-order valence-electron chi connectivity index (χ0n) is 10.1. The molecule has 1 fully saturated rings. The summed E-state index contributed by atoms with van der Waals surface area (Å²) in [4.78, 5) is 0. The van der Waals surface area contributed by atoms with Crippen LogP contribution in [-0.2, 0) is 21.8 Å². The predicted octanol–water partition coefficient (Wildman–Crippen LogP) is 1.65. The van der Waals surface area contributed by atoms with Gasteiger partial charge < -0.3 is 19.2 Å². The molecule has 1 aromatic heterocycles. The Balaban J connectivity index is 1.66. The van der Waals surface area contributed by atoms with E-state index < -0.39 is 0 Å². The first-order valence-electron chi connectivity index (χ1n) is 5.85. The van der Waals surface area contributed by atoms with Gasteiger partial charge in [-0.15, -0.1) is 0 Å². The van der Waals surface area contributed by atoms with Crippen molar-refractivity contribution >= 4 is 11.8 Å². The summed E-state index contributed by atoms with van der Waals surface area (Å²) in [5.41, 5.74) is 0. The second-order valence-corrected chi connectivity index (χ2v) is 4.87. The van der Waals surface area contributed by atoms with Crippen LogP contribution in [-0.4, -0.2) is 38.7 Å². The van der Waals surface area contributed by atoms with Gasteiger partial charge in [0.1, 0.15) is 11.5 Å². The lowest BCUT2D eigenvalue weighted by molar-refractivity contribution is -0.0865. The van der Waals surface area contributed by atoms with Gasteiger partial charge in [-0.2, -0.15) is 11.8 Å². The zero-order valence-corrected chi connectivity index (χ0v) is 10.9. The number of ether oxygens (including phenoxy) is 2. The second-order valence-electron chi connectivity index (χ2n) is 4.00. The van der Waals surface area contributed by atoms with Gasteiger partial charge in [-0.1, -0.05) is 0 Å². The molecule has 96 valence electrons. The number of hydrogen-bond acceptors (Lipinski definition) is 5. The lowest BCUT2D eigenvalue weighted by Crippen LogP contribution is -2.37. The Hall–Kier alpha value is -0.490. The Bertz CT molecular complexity index is 323. The molecule has 1 atom stereocenters. The molecule has 2 rings (SSSR count). The smallest absolute Gasteiger partial charge is 0.118 e. The minimum atomic E-state index is 0.171. The minimum absolute atomic E-state index is 0.171. The SMILES string of the molecule is CSCc1ccc(CNCC2COCCO2)o1. The third-order valence-corrected chi connectivity index (χ3v) is 3.13. The molecule has 0 aromatic carbocycles. The second kappa shape index (κ2) is 7.06. The molecule has 1 N–H and O–H groups in total. The van der Waals surface area contributed by atoms with E-state index in [1.54, 1.807) is 11.8 Å². The van der Waals surface area contributed by atoms with Gasteiger partial charge in [-0.05, 0) is 18.4 Å². The molecule has 1 aliphatic heterocycles. The average molecular weight is 257 g/mol. The number of rotatable bonds is 6. The minimum Gasteiger partial charge on any atom is -0.464 e. The topological polar surface area (TPSA) is 43.6 Å². The fraction of sp³-hybridized carbons (Fsp3) is 0.667. The van der Waals surface area contributed by atoms with Gasteiger partial charge in [0, 0.05) is 6.54 Å². The van der Waals surface area contributed by atoms with Crippen molar-refractivity contribution in [2.24, 2.45) is 0 Å².